The minimum Gasteiger partial charge on any atom is -0.497 e. The summed E-state index contributed by atoms with van der Waals surface area (Å²) in [6.45, 7) is 2.70. The highest BCUT2D eigenvalue weighted by Crippen LogP contribution is 2.38. The van der Waals surface area contributed by atoms with Crippen molar-refractivity contribution in [3.05, 3.63) is 59.7 Å². The number of fused-ring (bicyclic) bond motifs is 1. The first-order valence-electron chi connectivity index (χ1n) is 7.48. The lowest BCUT2D eigenvalue weighted by Crippen LogP contribution is -2.22. The monoisotopic (exact) mass is 282 g/mol. The molecule has 2 aromatic rings. The third-order valence-corrected chi connectivity index (χ3v) is 4.18. The minimum atomic E-state index is 0.553. The molecule has 0 radical (unpaired) electrons. The molecule has 0 amide bonds. The highest BCUT2D eigenvalue weighted by Gasteiger charge is 2.27. The van der Waals surface area contributed by atoms with E-state index in [0.717, 1.165) is 31.8 Å². The summed E-state index contributed by atoms with van der Waals surface area (Å²) in [5.74, 6) is 1.47. The van der Waals surface area contributed by atoms with Gasteiger partial charge < -0.3 is 15.4 Å². The quantitative estimate of drug-likeness (QED) is 0.915. The number of rotatable bonds is 5. The zero-order valence-corrected chi connectivity index (χ0v) is 12.5. The number of nitrogens with zero attached hydrogens (tertiary/aromatic N) is 1. The number of ether oxygens (including phenoxy) is 1. The van der Waals surface area contributed by atoms with Gasteiger partial charge in [0.2, 0.25) is 0 Å². The van der Waals surface area contributed by atoms with Gasteiger partial charge in [0.25, 0.3) is 0 Å². The molecule has 3 nitrogen and oxygen atoms in total. The average Bonchev–Trinajstić information content (AvgIpc) is 2.86. The Bertz CT molecular complexity index is 612. The lowest BCUT2D eigenvalue weighted by molar-refractivity contribution is 0.414. The predicted octanol–water partition coefficient (Wildman–Crippen LogP) is 3.15. The summed E-state index contributed by atoms with van der Waals surface area (Å²) in [4.78, 5) is 2.45. The van der Waals surface area contributed by atoms with E-state index in [9.17, 15) is 0 Å². The summed E-state index contributed by atoms with van der Waals surface area (Å²) >= 11 is 0. The molecule has 0 aromatic heterocycles. The van der Waals surface area contributed by atoms with Crippen LogP contribution in [0.15, 0.2) is 48.5 Å². The number of methoxy groups -OCH3 is 1. The van der Waals surface area contributed by atoms with Crippen LogP contribution in [0.1, 0.15) is 23.5 Å². The normalized spacial score (nSPS) is 16.9. The Labute approximate surface area is 126 Å². The second kappa shape index (κ2) is 6.19. The van der Waals surface area contributed by atoms with E-state index >= 15 is 0 Å². The number of anilines is 1. The van der Waals surface area contributed by atoms with E-state index in [-0.39, 0.29) is 0 Å². The summed E-state index contributed by atoms with van der Waals surface area (Å²) < 4.78 is 5.31. The van der Waals surface area contributed by atoms with Gasteiger partial charge in [-0.1, -0.05) is 30.3 Å². The summed E-state index contributed by atoms with van der Waals surface area (Å²) in [5, 5.41) is 0. The zero-order chi connectivity index (χ0) is 14.7. The van der Waals surface area contributed by atoms with Crippen LogP contribution < -0.4 is 15.4 Å². The summed E-state index contributed by atoms with van der Waals surface area (Å²) in [7, 11) is 1.71. The third-order valence-electron chi connectivity index (χ3n) is 4.18. The van der Waals surface area contributed by atoms with Crippen LogP contribution in [-0.4, -0.2) is 20.2 Å². The van der Waals surface area contributed by atoms with Gasteiger partial charge in [-0.3, -0.25) is 0 Å². The molecule has 0 saturated carbocycles. The first-order chi connectivity index (χ1) is 10.3. The minimum absolute atomic E-state index is 0.553. The molecule has 1 atom stereocenters. The molecule has 3 heteroatoms. The molecule has 0 spiro atoms. The van der Waals surface area contributed by atoms with Crippen LogP contribution in [0.25, 0.3) is 0 Å². The van der Waals surface area contributed by atoms with Gasteiger partial charge in [-0.2, -0.15) is 0 Å². The predicted molar refractivity (Wildman–Crippen MR) is 86.9 cm³/mol. The molecule has 0 aliphatic carbocycles. The SMILES string of the molecule is COc1cccc(CN2CC(CCN)c3ccccc32)c1. The molecule has 2 N–H and O–H groups in total. The maximum Gasteiger partial charge on any atom is 0.119 e. The van der Waals surface area contributed by atoms with Gasteiger partial charge in [-0.25, -0.2) is 0 Å². The molecule has 0 saturated heterocycles. The van der Waals surface area contributed by atoms with E-state index in [1.807, 2.05) is 12.1 Å². The van der Waals surface area contributed by atoms with Gasteiger partial charge in [-0.15, -0.1) is 0 Å². The number of para-hydroxylation sites is 1. The number of nitrogens with two attached hydrogens (primary N) is 1. The molecule has 0 fully saturated rings. The lowest BCUT2D eigenvalue weighted by Gasteiger charge is -2.20. The highest BCUT2D eigenvalue weighted by atomic mass is 16.5. The molecule has 110 valence electrons. The fourth-order valence-electron chi connectivity index (χ4n) is 3.17. The molecule has 1 unspecified atom stereocenters. The topological polar surface area (TPSA) is 38.5 Å². The largest absolute Gasteiger partial charge is 0.497 e. The van der Waals surface area contributed by atoms with Crippen molar-refractivity contribution < 1.29 is 4.74 Å². The average molecular weight is 282 g/mol. The maximum absolute atomic E-state index is 5.77. The third kappa shape index (κ3) is 2.88. The van der Waals surface area contributed by atoms with Crippen LogP contribution in [0.3, 0.4) is 0 Å². The second-order valence-corrected chi connectivity index (χ2v) is 5.57. The van der Waals surface area contributed by atoms with E-state index in [1.54, 1.807) is 7.11 Å². The van der Waals surface area contributed by atoms with Gasteiger partial charge >= 0.3 is 0 Å². The maximum atomic E-state index is 5.77. The van der Waals surface area contributed by atoms with E-state index < -0.39 is 0 Å². The molecular formula is C18H22N2O. The van der Waals surface area contributed by atoms with Crippen molar-refractivity contribution in [2.24, 2.45) is 5.73 Å². The number of benzene rings is 2. The summed E-state index contributed by atoms with van der Waals surface area (Å²) in [6, 6.07) is 17.0. The Morgan fingerprint density at radius 1 is 1.19 bits per heavy atom. The summed E-state index contributed by atoms with van der Waals surface area (Å²) in [5.41, 5.74) is 9.82. The van der Waals surface area contributed by atoms with Crippen LogP contribution in [0.5, 0.6) is 5.75 Å². The van der Waals surface area contributed by atoms with Gasteiger partial charge in [-0.05, 0) is 42.3 Å². The van der Waals surface area contributed by atoms with Gasteiger partial charge in [0.1, 0.15) is 5.75 Å². The van der Waals surface area contributed by atoms with Crippen LogP contribution in [0.2, 0.25) is 0 Å². The molecular weight excluding hydrogens is 260 g/mol. The highest BCUT2D eigenvalue weighted by molar-refractivity contribution is 5.60. The van der Waals surface area contributed by atoms with Crippen LogP contribution in [0, 0.1) is 0 Å². The van der Waals surface area contributed by atoms with Crippen molar-refractivity contribution in [2.45, 2.75) is 18.9 Å². The Kier molecular flexibility index (Phi) is 4.11. The van der Waals surface area contributed by atoms with Crippen molar-refractivity contribution >= 4 is 5.69 Å². The van der Waals surface area contributed by atoms with Gasteiger partial charge in [0.05, 0.1) is 7.11 Å². The molecule has 1 aliphatic heterocycles. The molecule has 0 bridgehead atoms. The van der Waals surface area contributed by atoms with Crippen LogP contribution >= 0.6 is 0 Å². The molecule has 21 heavy (non-hydrogen) atoms. The fourth-order valence-corrected chi connectivity index (χ4v) is 3.17. The van der Waals surface area contributed by atoms with Crippen LogP contribution in [0.4, 0.5) is 5.69 Å². The Hall–Kier alpha value is -2.00. The smallest absolute Gasteiger partial charge is 0.119 e. The standard InChI is InChI=1S/C18H22N2O/c1-21-16-6-4-5-14(11-16)12-20-13-15(9-10-19)17-7-2-3-8-18(17)20/h2-8,11,15H,9-10,12-13,19H2,1H3. The van der Waals surface area contributed by atoms with Crippen LogP contribution in [-0.2, 0) is 6.54 Å². The molecule has 3 rings (SSSR count). The Morgan fingerprint density at radius 3 is 2.86 bits per heavy atom. The van der Waals surface area contributed by atoms with Gasteiger partial charge in [0.15, 0.2) is 0 Å². The lowest BCUT2D eigenvalue weighted by atomic mass is 9.98. The number of hydrogen-bond acceptors (Lipinski definition) is 3. The van der Waals surface area contributed by atoms with Crippen molar-refractivity contribution in [3.8, 4) is 5.75 Å². The Balaban J connectivity index is 1.83. The Morgan fingerprint density at radius 2 is 2.05 bits per heavy atom. The van der Waals surface area contributed by atoms with E-state index in [0.29, 0.717) is 5.92 Å². The van der Waals surface area contributed by atoms with Crippen molar-refractivity contribution in [1.82, 2.24) is 0 Å². The van der Waals surface area contributed by atoms with Crippen molar-refractivity contribution in [2.75, 3.05) is 25.1 Å². The zero-order valence-electron chi connectivity index (χ0n) is 12.5. The van der Waals surface area contributed by atoms with E-state index in [2.05, 4.69) is 41.3 Å². The first-order valence-corrected chi connectivity index (χ1v) is 7.48. The van der Waals surface area contributed by atoms with Crippen molar-refractivity contribution in [1.29, 1.82) is 0 Å². The summed E-state index contributed by atoms with van der Waals surface area (Å²) in [6.07, 6.45) is 1.05. The molecule has 1 aliphatic rings. The van der Waals surface area contributed by atoms with Crippen molar-refractivity contribution in [3.63, 3.8) is 0 Å². The fraction of sp³-hybridized carbons (Fsp3) is 0.333. The molecule has 2 aromatic carbocycles. The van der Waals surface area contributed by atoms with Gasteiger partial charge in [0, 0.05) is 24.7 Å². The molecule has 1 heterocycles. The first kappa shape index (κ1) is 14.0. The van der Waals surface area contributed by atoms with E-state index in [1.165, 1.54) is 16.8 Å². The number of hydrogen-bond donors (Lipinski definition) is 1. The second-order valence-electron chi connectivity index (χ2n) is 5.57. The van der Waals surface area contributed by atoms with E-state index in [4.69, 9.17) is 10.5 Å².